The Morgan fingerprint density at radius 1 is 1.00 bits per heavy atom. The molecule has 0 aromatic heterocycles. The molecule has 0 aliphatic rings. The fourth-order valence-corrected chi connectivity index (χ4v) is 2.22. The van der Waals surface area contributed by atoms with Gasteiger partial charge < -0.3 is 14.2 Å². The number of hydrazine groups is 1. The minimum atomic E-state index is -0.878. The number of hydrogen-bond donors (Lipinski definition) is 2. The summed E-state index contributed by atoms with van der Waals surface area (Å²) in [5.74, 6) is 0.0528. The second-order valence-electron chi connectivity index (χ2n) is 5.62. The van der Waals surface area contributed by atoms with E-state index in [1.807, 2.05) is 0 Å². The van der Waals surface area contributed by atoms with Crippen molar-refractivity contribution in [3.63, 3.8) is 0 Å². The van der Waals surface area contributed by atoms with Gasteiger partial charge in [-0.05, 0) is 48.9 Å². The van der Waals surface area contributed by atoms with Crippen LogP contribution in [0.5, 0.6) is 17.2 Å². The van der Waals surface area contributed by atoms with Crippen LogP contribution in [-0.4, -0.2) is 32.1 Å². The van der Waals surface area contributed by atoms with E-state index in [1.165, 1.54) is 45.4 Å². The molecule has 8 heteroatoms. The molecule has 0 fully saturated rings. The minimum absolute atomic E-state index is 0.0356. The molecule has 2 rings (SSSR count). The smallest absolute Gasteiger partial charge is 0.279 e. The van der Waals surface area contributed by atoms with Crippen LogP contribution in [0.4, 0.5) is 4.39 Å². The lowest BCUT2D eigenvalue weighted by atomic mass is 10.1. The van der Waals surface area contributed by atoms with Crippen LogP contribution in [-0.2, 0) is 16.0 Å². The van der Waals surface area contributed by atoms with E-state index >= 15 is 0 Å². The lowest BCUT2D eigenvalue weighted by Gasteiger charge is -2.15. The first-order valence-electron chi connectivity index (χ1n) is 8.14. The number of halogens is 1. The summed E-state index contributed by atoms with van der Waals surface area (Å²) in [4.78, 5) is 24.0. The van der Waals surface area contributed by atoms with Gasteiger partial charge in [-0.25, -0.2) is 4.39 Å². The number of methoxy groups -OCH3 is 2. The highest BCUT2D eigenvalue weighted by molar-refractivity contribution is 5.85. The Labute approximate surface area is 156 Å². The number of hydrogen-bond acceptors (Lipinski definition) is 5. The monoisotopic (exact) mass is 376 g/mol. The molecule has 0 aliphatic carbocycles. The maximum atomic E-state index is 12.9. The summed E-state index contributed by atoms with van der Waals surface area (Å²) >= 11 is 0. The van der Waals surface area contributed by atoms with Crippen LogP contribution in [0.2, 0.25) is 0 Å². The third kappa shape index (κ3) is 5.88. The van der Waals surface area contributed by atoms with Gasteiger partial charge in [0.2, 0.25) is 5.91 Å². The highest BCUT2D eigenvalue weighted by atomic mass is 19.1. The van der Waals surface area contributed by atoms with E-state index in [0.29, 0.717) is 22.8 Å². The van der Waals surface area contributed by atoms with E-state index in [0.717, 1.165) is 0 Å². The number of carbonyl (C=O) groups excluding carboxylic acids is 2. The molecule has 0 spiro atoms. The van der Waals surface area contributed by atoms with E-state index in [4.69, 9.17) is 14.2 Å². The third-order valence-electron chi connectivity index (χ3n) is 3.63. The lowest BCUT2D eigenvalue weighted by Crippen LogP contribution is -2.47. The molecule has 0 bridgehead atoms. The molecular weight excluding hydrogens is 355 g/mol. The lowest BCUT2D eigenvalue weighted by molar-refractivity contribution is -0.132. The van der Waals surface area contributed by atoms with Gasteiger partial charge in [0.25, 0.3) is 5.91 Å². The molecule has 7 nitrogen and oxygen atoms in total. The van der Waals surface area contributed by atoms with Gasteiger partial charge in [0.05, 0.1) is 20.6 Å². The van der Waals surface area contributed by atoms with E-state index < -0.39 is 23.7 Å². The summed E-state index contributed by atoms with van der Waals surface area (Å²) in [5.41, 5.74) is 5.30. The molecule has 2 amide bonds. The third-order valence-corrected chi connectivity index (χ3v) is 3.63. The van der Waals surface area contributed by atoms with Gasteiger partial charge in [-0.1, -0.05) is 6.07 Å². The van der Waals surface area contributed by atoms with Gasteiger partial charge in [0.15, 0.2) is 17.6 Å². The first-order valence-corrected chi connectivity index (χ1v) is 8.14. The Kier molecular flexibility index (Phi) is 6.99. The quantitative estimate of drug-likeness (QED) is 0.722. The van der Waals surface area contributed by atoms with E-state index in [1.54, 1.807) is 18.2 Å². The SMILES string of the molecule is COc1ccc(CC(=O)NNC(=O)[C@@H](C)Oc2ccc(F)cc2)cc1OC. The van der Waals surface area contributed by atoms with Gasteiger partial charge in [-0.2, -0.15) is 0 Å². The highest BCUT2D eigenvalue weighted by Crippen LogP contribution is 2.27. The standard InChI is InChI=1S/C19H21FN2O5/c1-12(27-15-7-5-14(20)6-8-15)19(24)22-21-18(23)11-13-4-9-16(25-2)17(10-13)26-3/h4-10,12H,11H2,1-3H3,(H,21,23)(H,22,24)/t12-/m1/s1. The summed E-state index contributed by atoms with van der Waals surface area (Å²) in [6.45, 7) is 1.51. The Morgan fingerprint density at radius 2 is 1.67 bits per heavy atom. The molecule has 27 heavy (non-hydrogen) atoms. The van der Waals surface area contributed by atoms with E-state index in [-0.39, 0.29) is 6.42 Å². The van der Waals surface area contributed by atoms with Crippen LogP contribution in [0.25, 0.3) is 0 Å². The van der Waals surface area contributed by atoms with Crippen LogP contribution in [0.1, 0.15) is 12.5 Å². The van der Waals surface area contributed by atoms with Crippen LogP contribution >= 0.6 is 0 Å². The van der Waals surface area contributed by atoms with Gasteiger partial charge in [-0.15, -0.1) is 0 Å². The predicted molar refractivity (Wildman–Crippen MR) is 96.0 cm³/mol. The molecule has 0 unspecified atom stereocenters. The maximum absolute atomic E-state index is 12.9. The topological polar surface area (TPSA) is 85.9 Å². The number of nitrogens with one attached hydrogen (secondary N) is 2. The Hall–Kier alpha value is -3.29. The molecule has 0 heterocycles. The molecule has 144 valence electrons. The van der Waals surface area contributed by atoms with Crippen LogP contribution in [0.15, 0.2) is 42.5 Å². The number of carbonyl (C=O) groups is 2. The minimum Gasteiger partial charge on any atom is -0.493 e. The van der Waals surface area contributed by atoms with Gasteiger partial charge in [0.1, 0.15) is 11.6 Å². The summed E-state index contributed by atoms with van der Waals surface area (Å²) < 4.78 is 28.6. The maximum Gasteiger partial charge on any atom is 0.279 e. The molecule has 2 N–H and O–H groups in total. The van der Waals surface area contributed by atoms with Crippen molar-refractivity contribution < 1.29 is 28.2 Å². The second-order valence-corrected chi connectivity index (χ2v) is 5.62. The zero-order valence-corrected chi connectivity index (χ0v) is 15.2. The van der Waals surface area contributed by atoms with Crippen molar-refractivity contribution in [2.24, 2.45) is 0 Å². The Bertz CT molecular complexity index is 795. The molecular formula is C19H21FN2O5. The molecule has 0 saturated carbocycles. The van der Waals surface area contributed by atoms with Crippen molar-refractivity contribution in [2.75, 3.05) is 14.2 Å². The molecule has 2 aromatic carbocycles. The molecule has 0 aliphatic heterocycles. The fourth-order valence-electron chi connectivity index (χ4n) is 2.22. The van der Waals surface area contributed by atoms with Crippen molar-refractivity contribution in [1.82, 2.24) is 10.9 Å². The van der Waals surface area contributed by atoms with Crippen LogP contribution in [0.3, 0.4) is 0 Å². The largest absolute Gasteiger partial charge is 0.493 e. The zero-order valence-electron chi connectivity index (χ0n) is 15.2. The number of rotatable bonds is 7. The Morgan fingerprint density at radius 3 is 2.30 bits per heavy atom. The van der Waals surface area contributed by atoms with Gasteiger partial charge in [-0.3, -0.25) is 20.4 Å². The molecule has 1 atom stereocenters. The first kappa shape index (κ1) is 20.0. The summed E-state index contributed by atoms with van der Waals surface area (Å²) in [5, 5.41) is 0. The average Bonchev–Trinajstić information content (AvgIpc) is 2.67. The van der Waals surface area contributed by atoms with Crippen LogP contribution < -0.4 is 25.1 Å². The molecule has 0 radical (unpaired) electrons. The van der Waals surface area contributed by atoms with E-state index in [9.17, 15) is 14.0 Å². The Balaban J connectivity index is 1.83. The number of benzene rings is 2. The normalized spacial score (nSPS) is 11.3. The summed E-state index contributed by atoms with van der Waals surface area (Å²) in [6, 6.07) is 10.4. The summed E-state index contributed by atoms with van der Waals surface area (Å²) in [6.07, 6.45) is -0.842. The van der Waals surface area contributed by atoms with Gasteiger partial charge >= 0.3 is 0 Å². The van der Waals surface area contributed by atoms with Gasteiger partial charge in [0, 0.05) is 0 Å². The first-order chi connectivity index (χ1) is 12.9. The molecule has 2 aromatic rings. The van der Waals surface area contributed by atoms with Crippen molar-refractivity contribution in [2.45, 2.75) is 19.4 Å². The van der Waals surface area contributed by atoms with Crippen molar-refractivity contribution in [3.05, 3.63) is 53.8 Å². The predicted octanol–water partition coefficient (Wildman–Crippen LogP) is 2.00. The van der Waals surface area contributed by atoms with Crippen LogP contribution in [0, 0.1) is 5.82 Å². The van der Waals surface area contributed by atoms with Crippen molar-refractivity contribution in [3.8, 4) is 17.2 Å². The number of amides is 2. The van der Waals surface area contributed by atoms with Crippen molar-refractivity contribution >= 4 is 11.8 Å². The fraction of sp³-hybridized carbons (Fsp3) is 0.263. The van der Waals surface area contributed by atoms with Crippen molar-refractivity contribution in [1.29, 1.82) is 0 Å². The number of ether oxygens (including phenoxy) is 3. The molecule has 0 saturated heterocycles. The van der Waals surface area contributed by atoms with E-state index in [2.05, 4.69) is 10.9 Å². The average molecular weight is 376 g/mol. The highest BCUT2D eigenvalue weighted by Gasteiger charge is 2.16. The second kappa shape index (κ2) is 9.42. The summed E-state index contributed by atoms with van der Waals surface area (Å²) in [7, 11) is 3.03. The zero-order chi connectivity index (χ0) is 19.8.